The normalized spacial score (nSPS) is 23.9. The molecule has 2 nitrogen and oxygen atoms in total. The average molecular weight is 294 g/mol. The Bertz CT molecular complexity index is 538. The van der Waals surface area contributed by atoms with Crippen molar-refractivity contribution in [2.24, 2.45) is 11.8 Å². The van der Waals surface area contributed by atoms with Gasteiger partial charge in [-0.3, -0.25) is 0 Å². The van der Waals surface area contributed by atoms with E-state index in [1.165, 1.54) is 12.1 Å². The van der Waals surface area contributed by atoms with Crippen LogP contribution in [0.15, 0.2) is 22.8 Å². The lowest BCUT2D eigenvalue weighted by Gasteiger charge is -2.33. The molecule has 0 aromatic carbocycles. The maximum Gasteiger partial charge on any atom is 0.416 e. The van der Waals surface area contributed by atoms with Crippen LogP contribution in [-0.4, -0.2) is 12.4 Å². The average Bonchev–Trinajstić information content (AvgIpc) is 2.26. The molecule has 0 bridgehead atoms. The highest BCUT2D eigenvalue weighted by Crippen LogP contribution is 2.48. The zero-order valence-electron chi connectivity index (χ0n) is 10.1. The van der Waals surface area contributed by atoms with Crippen LogP contribution in [0.25, 0.3) is 0 Å². The zero-order valence-corrected chi connectivity index (χ0v) is 10.1. The van der Waals surface area contributed by atoms with Crippen LogP contribution in [-0.2, 0) is 0 Å². The van der Waals surface area contributed by atoms with Gasteiger partial charge in [-0.15, -0.1) is 0 Å². The number of nitrogens with zero attached hydrogens (tertiary/aromatic N) is 2. The summed E-state index contributed by atoms with van der Waals surface area (Å²) >= 11 is 0. The van der Waals surface area contributed by atoms with E-state index in [9.17, 15) is 26.3 Å². The first kappa shape index (κ1) is 16.1. The van der Waals surface area contributed by atoms with Gasteiger partial charge in [0.25, 0.3) is 0 Å². The van der Waals surface area contributed by atoms with Gasteiger partial charge in [0.1, 0.15) is 0 Å². The first-order valence-corrected chi connectivity index (χ1v) is 5.39. The van der Waals surface area contributed by atoms with Crippen molar-refractivity contribution < 1.29 is 26.3 Å². The molecule has 0 amide bonds. The molecule has 1 aliphatic rings. The zero-order chi connectivity index (χ0) is 15.7. The largest absolute Gasteiger partial charge is 0.416 e. The van der Waals surface area contributed by atoms with Gasteiger partial charge in [-0.1, -0.05) is 6.92 Å². The summed E-state index contributed by atoms with van der Waals surface area (Å²) in [6.07, 6.45) is -10.6. The molecular weight excluding hydrogens is 286 g/mol. The summed E-state index contributed by atoms with van der Waals surface area (Å²) in [4.78, 5) is 0. The van der Waals surface area contributed by atoms with Crippen molar-refractivity contribution in [3.8, 4) is 12.1 Å². The fourth-order valence-electron chi connectivity index (χ4n) is 2.20. The molecule has 0 radical (unpaired) electrons. The van der Waals surface area contributed by atoms with Crippen molar-refractivity contribution >= 4 is 0 Å². The van der Waals surface area contributed by atoms with E-state index in [2.05, 4.69) is 0 Å². The second-order valence-electron chi connectivity index (χ2n) is 4.29. The van der Waals surface area contributed by atoms with Crippen LogP contribution in [0.3, 0.4) is 0 Å². The van der Waals surface area contributed by atoms with Gasteiger partial charge in [-0.2, -0.15) is 36.9 Å². The Hall–Kier alpha value is -1.96. The van der Waals surface area contributed by atoms with E-state index >= 15 is 0 Å². The molecule has 0 saturated carbocycles. The highest BCUT2D eigenvalue weighted by atomic mass is 19.4. The molecule has 0 saturated heterocycles. The molecule has 0 aromatic heterocycles. The van der Waals surface area contributed by atoms with Crippen LogP contribution in [0.4, 0.5) is 26.3 Å². The Balaban J connectivity index is 3.60. The Kier molecular flexibility index (Phi) is 4.18. The molecule has 0 fully saturated rings. The van der Waals surface area contributed by atoms with Gasteiger partial charge < -0.3 is 0 Å². The molecule has 20 heavy (non-hydrogen) atoms. The summed E-state index contributed by atoms with van der Waals surface area (Å²) in [7, 11) is 0. The summed E-state index contributed by atoms with van der Waals surface area (Å²) in [5.74, 6) is -3.92. The molecule has 0 spiro atoms. The molecule has 0 N–H and O–H groups in total. The number of hydrogen-bond donors (Lipinski definition) is 0. The van der Waals surface area contributed by atoms with Crippen molar-refractivity contribution in [1.82, 2.24) is 0 Å². The summed E-state index contributed by atoms with van der Waals surface area (Å²) < 4.78 is 77.4. The van der Waals surface area contributed by atoms with Crippen LogP contribution in [0, 0.1) is 34.5 Å². The SMILES string of the molecule is CC1C(C#N)=CC(C(F)(F)F)=C(CC#N)C1C(F)(F)F. The highest BCUT2D eigenvalue weighted by molar-refractivity contribution is 5.46. The Labute approximate surface area is 110 Å². The predicted octanol–water partition coefficient (Wildman–Crippen LogP) is 4.04. The number of alkyl halides is 6. The maximum atomic E-state index is 13.0. The standard InChI is InChI=1S/C12H8F6N2/c1-6-7(5-20)4-9(11(13,14)15)8(2-3-19)10(6)12(16,17)18/h4,6,10H,2H2,1H3. The minimum Gasteiger partial charge on any atom is -0.198 e. The van der Waals surface area contributed by atoms with E-state index in [4.69, 9.17) is 10.5 Å². The van der Waals surface area contributed by atoms with E-state index in [1.54, 1.807) is 0 Å². The monoisotopic (exact) mass is 294 g/mol. The van der Waals surface area contributed by atoms with Crippen LogP contribution in [0.1, 0.15) is 13.3 Å². The number of rotatable bonds is 1. The van der Waals surface area contributed by atoms with Crippen LogP contribution < -0.4 is 0 Å². The molecule has 2 atom stereocenters. The lowest BCUT2D eigenvalue weighted by molar-refractivity contribution is -0.175. The van der Waals surface area contributed by atoms with Crippen LogP contribution in [0.5, 0.6) is 0 Å². The summed E-state index contributed by atoms with van der Waals surface area (Å²) in [6, 6.07) is 2.69. The van der Waals surface area contributed by atoms with Gasteiger partial charge in [0.15, 0.2) is 0 Å². The van der Waals surface area contributed by atoms with Gasteiger partial charge >= 0.3 is 12.4 Å². The van der Waals surface area contributed by atoms with E-state index < -0.39 is 47.3 Å². The van der Waals surface area contributed by atoms with Gasteiger partial charge in [0, 0.05) is 11.5 Å². The lowest BCUT2D eigenvalue weighted by atomic mass is 9.74. The fraction of sp³-hybridized carbons (Fsp3) is 0.500. The van der Waals surface area contributed by atoms with Gasteiger partial charge in [-0.05, 0) is 11.6 Å². The highest BCUT2D eigenvalue weighted by Gasteiger charge is 2.51. The van der Waals surface area contributed by atoms with Crippen LogP contribution in [0.2, 0.25) is 0 Å². The predicted molar refractivity (Wildman–Crippen MR) is 55.7 cm³/mol. The summed E-state index contributed by atoms with van der Waals surface area (Å²) in [5, 5.41) is 17.2. The van der Waals surface area contributed by atoms with Crippen molar-refractivity contribution in [1.29, 1.82) is 10.5 Å². The van der Waals surface area contributed by atoms with Crippen molar-refractivity contribution in [3.63, 3.8) is 0 Å². The Morgan fingerprint density at radius 1 is 1.15 bits per heavy atom. The first-order chi connectivity index (χ1) is 9.04. The number of hydrogen-bond acceptors (Lipinski definition) is 2. The Morgan fingerprint density at radius 2 is 1.70 bits per heavy atom. The van der Waals surface area contributed by atoms with Crippen LogP contribution >= 0.6 is 0 Å². The molecule has 1 rings (SSSR count). The minimum absolute atomic E-state index is 0.402. The third kappa shape index (κ3) is 2.96. The molecule has 0 aromatic rings. The summed E-state index contributed by atoms with van der Waals surface area (Å²) in [5.41, 5.74) is -3.17. The molecule has 108 valence electrons. The molecule has 8 heteroatoms. The molecule has 2 unspecified atom stereocenters. The number of nitriles is 2. The van der Waals surface area contributed by atoms with E-state index in [1.807, 2.05) is 0 Å². The topological polar surface area (TPSA) is 47.6 Å². The third-order valence-electron chi connectivity index (χ3n) is 3.07. The molecular formula is C12H8F6N2. The summed E-state index contributed by atoms with van der Waals surface area (Å²) in [6.45, 7) is 1.03. The second kappa shape index (κ2) is 5.20. The van der Waals surface area contributed by atoms with E-state index in [0.29, 0.717) is 6.08 Å². The quantitative estimate of drug-likeness (QED) is 0.685. The van der Waals surface area contributed by atoms with Gasteiger partial charge in [0.05, 0.1) is 30.1 Å². The smallest absolute Gasteiger partial charge is 0.198 e. The molecule has 0 heterocycles. The molecule has 0 aliphatic heterocycles. The number of allylic oxidation sites excluding steroid dienone is 4. The fourth-order valence-corrected chi connectivity index (χ4v) is 2.20. The Morgan fingerprint density at radius 3 is 2.05 bits per heavy atom. The van der Waals surface area contributed by atoms with E-state index in [0.717, 1.165) is 6.92 Å². The van der Waals surface area contributed by atoms with Gasteiger partial charge in [0.2, 0.25) is 0 Å². The van der Waals surface area contributed by atoms with Crippen molar-refractivity contribution in [2.45, 2.75) is 25.7 Å². The number of halogens is 6. The minimum atomic E-state index is -5.04. The van der Waals surface area contributed by atoms with E-state index in [-0.39, 0.29) is 0 Å². The first-order valence-electron chi connectivity index (χ1n) is 5.39. The van der Waals surface area contributed by atoms with Gasteiger partial charge in [-0.25, -0.2) is 0 Å². The lowest BCUT2D eigenvalue weighted by Crippen LogP contribution is -2.36. The third-order valence-corrected chi connectivity index (χ3v) is 3.07. The molecule has 1 aliphatic carbocycles. The second-order valence-corrected chi connectivity index (χ2v) is 4.29. The maximum absolute atomic E-state index is 13.0. The van der Waals surface area contributed by atoms with Crippen molar-refractivity contribution in [2.75, 3.05) is 0 Å². The van der Waals surface area contributed by atoms with Crippen molar-refractivity contribution in [3.05, 3.63) is 22.8 Å².